The monoisotopic (exact) mass is 529 g/mol. The zero-order valence-electron chi connectivity index (χ0n) is 19.3. The van der Waals surface area contributed by atoms with Crippen molar-refractivity contribution in [3.63, 3.8) is 0 Å². The quantitative estimate of drug-likeness (QED) is 0.201. The summed E-state index contributed by atoms with van der Waals surface area (Å²) in [6.45, 7) is 4.27. The van der Waals surface area contributed by atoms with Crippen molar-refractivity contribution >= 4 is 25.9 Å². The van der Waals surface area contributed by atoms with Gasteiger partial charge >= 0.3 is 19.4 Å². The third-order valence-electron chi connectivity index (χ3n) is 4.90. The summed E-state index contributed by atoms with van der Waals surface area (Å²) in [4.78, 5) is 26.8. The maximum Gasteiger partial charge on any atom is 0.459 e. The fraction of sp³-hybridized carbons (Fsp3) is 0.476. The van der Waals surface area contributed by atoms with Gasteiger partial charge in [-0.3, -0.25) is 18.9 Å². The lowest BCUT2D eigenvalue weighted by atomic mass is 10.1. The second-order valence-electron chi connectivity index (χ2n) is 8.10. The third-order valence-corrected chi connectivity index (χ3v) is 6.78. The van der Waals surface area contributed by atoms with E-state index in [0.29, 0.717) is 0 Å². The van der Waals surface area contributed by atoms with Crippen LogP contribution in [0.5, 0.6) is 5.75 Å². The van der Waals surface area contributed by atoms with Gasteiger partial charge in [-0.15, -0.1) is 0 Å². The smallest absolute Gasteiger partial charge is 0.459 e. The molecule has 14 heteroatoms. The normalized spacial score (nSPS) is 24.6. The summed E-state index contributed by atoms with van der Waals surface area (Å²) < 4.78 is 36.6. The highest BCUT2D eigenvalue weighted by Crippen LogP contribution is 2.46. The number of nitrogens with one attached hydrogen (secondary N) is 2. The van der Waals surface area contributed by atoms with E-state index < -0.39 is 62.7 Å². The predicted molar refractivity (Wildman–Crippen MR) is 126 cm³/mol. The number of rotatable bonds is 10. The van der Waals surface area contributed by atoms with Crippen LogP contribution in [0.1, 0.15) is 27.0 Å². The molecule has 1 aromatic heterocycles. The molecule has 2 aromatic rings. The second kappa shape index (κ2) is 11.6. The van der Waals surface area contributed by atoms with Gasteiger partial charge in [0, 0.05) is 6.20 Å². The van der Waals surface area contributed by atoms with Gasteiger partial charge in [-0.1, -0.05) is 30.4 Å². The van der Waals surface area contributed by atoms with E-state index in [-0.39, 0.29) is 10.4 Å². The molecule has 12 nitrogen and oxygen atoms in total. The minimum atomic E-state index is -4.21. The highest BCUT2D eigenvalue weighted by Gasteiger charge is 2.45. The summed E-state index contributed by atoms with van der Waals surface area (Å²) in [5.74, 6) is -0.474. The Morgan fingerprint density at radius 2 is 1.91 bits per heavy atom. The lowest BCUT2D eigenvalue weighted by molar-refractivity contribution is -0.149. The molecule has 4 N–H and O–H groups in total. The largest absolute Gasteiger partial charge is 0.462 e. The number of carbonyl (C=O) groups excluding carboxylic acids is 1. The number of aromatic nitrogens is 2. The fourth-order valence-electron chi connectivity index (χ4n) is 3.23. The van der Waals surface area contributed by atoms with Gasteiger partial charge in [0.15, 0.2) is 6.23 Å². The Hall–Kier alpha value is -2.38. The van der Waals surface area contributed by atoms with Gasteiger partial charge in [0.05, 0.1) is 12.7 Å². The molecule has 1 fully saturated rings. The van der Waals surface area contributed by atoms with E-state index in [1.807, 2.05) is 0 Å². The minimum absolute atomic E-state index is 0.189. The highest BCUT2D eigenvalue weighted by molar-refractivity contribution is 7.71. The van der Waals surface area contributed by atoms with Crippen molar-refractivity contribution in [3.8, 4) is 5.75 Å². The van der Waals surface area contributed by atoms with Crippen molar-refractivity contribution in [2.45, 2.75) is 57.5 Å². The van der Waals surface area contributed by atoms with Crippen LogP contribution < -0.4 is 15.3 Å². The SMILES string of the molecule is CC(C)OC(=O)[C@H](C)NP(=O)(OC[C@H]1O[C@@H](n2ccc(=S)[nH]c2=O)[C@H](O)[C@@H]1O)Oc1ccccc1. The van der Waals surface area contributed by atoms with E-state index in [9.17, 15) is 24.4 Å². The first-order chi connectivity index (χ1) is 16.5. The van der Waals surface area contributed by atoms with Gasteiger partial charge in [0.1, 0.15) is 34.7 Å². The highest BCUT2D eigenvalue weighted by atomic mass is 32.1. The van der Waals surface area contributed by atoms with Crippen molar-refractivity contribution in [1.82, 2.24) is 14.6 Å². The Balaban J connectivity index is 1.75. The van der Waals surface area contributed by atoms with Crippen molar-refractivity contribution in [1.29, 1.82) is 0 Å². The van der Waals surface area contributed by atoms with Crippen LogP contribution in [0, 0.1) is 4.64 Å². The number of H-pyrrole nitrogens is 1. The fourth-order valence-corrected chi connectivity index (χ4v) is 4.88. The number of ether oxygens (including phenoxy) is 2. The van der Waals surface area contributed by atoms with Gasteiger partial charge < -0.3 is 24.2 Å². The van der Waals surface area contributed by atoms with Crippen LogP contribution in [0.15, 0.2) is 47.4 Å². The van der Waals surface area contributed by atoms with E-state index in [1.165, 1.54) is 19.2 Å². The molecule has 0 aliphatic carbocycles. The van der Waals surface area contributed by atoms with E-state index in [4.69, 9.17) is 30.7 Å². The van der Waals surface area contributed by atoms with Crippen LogP contribution in [0.2, 0.25) is 0 Å². The summed E-state index contributed by atoms with van der Waals surface area (Å²) in [5.41, 5.74) is -0.646. The molecule has 0 radical (unpaired) electrons. The summed E-state index contributed by atoms with van der Waals surface area (Å²) in [6.07, 6.45) is -4.48. The van der Waals surface area contributed by atoms with Crippen LogP contribution in [0.25, 0.3) is 0 Å². The molecule has 1 saturated heterocycles. The molecular weight excluding hydrogens is 501 g/mol. The summed E-state index contributed by atoms with van der Waals surface area (Å²) in [5, 5.41) is 23.4. The average Bonchev–Trinajstić information content (AvgIpc) is 3.06. The topological polar surface area (TPSA) is 161 Å². The first-order valence-corrected chi connectivity index (χ1v) is 12.7. The van der Waals surface area contributed by atoms with Crippen molar-refractivity contribution < 1.29 is 38.1 Å². The molecule has 0 amide bonds. The number of carbonyl (C=O) groups is 1. The lowest BCUT2D eigenvalue weighted by Crippen LogP contribution is -2.38. The lowest BCUT2D eigenvalue weighted by Gasteiger charge is -2.25. The number of aliphatic hydroxyl groups is 2. The minimum Gasteiger partial charge on any atom is -0.462 e. The Labute approximate surface area is 206 Å². The molecule has 1 unspecified atom stereocenters. The van der Waals surface area contributed by atoms with Crippen molar-refractivity contribution in [3.05, 3.63) is 57.7 Å². The Kier molecular flexibility index (Phi) is 9.00. The van der Waals surface area contributed by atoms with E-state index in [0.717, 1.165) is 4.57 Å². The van der Waals surface area contributed by atoms with E-state index >= 15 is 0 Å². The molecule has 6 atom stereocenters. The second-order valence-corrected chi connectivity index (χ2v) is 10.2. The van der Waals surface area contributed by atoms with E-state index in [2.05, 4.69) is 10.1 Å². The Morgan fingerprint density at radius 3 is 2.54 bits per heavy atom. The maximum absolute atomic E-state index is 13.5. The van der Waals surface area contributed by atoms with Gasteiger partial charge in [0.25, 0.3) is 0 Å². The maximum atomic E-state index is 13.5. The average molecular weight is 530 g/mol. The number of nitrogens with zero attached hydrogens (tertiary/aromatic N) is 1. The molecule has 0 saturated carbocycles. The van der Waals surface area contributed by atoms with Crippen LogP contribution in [-0.4, -0.2) is 62.8 Å². The number of esters is 1. The predicted octanol–water partition coefficient (Wildman–Crippen LogP) is 1.66. The number of hydrogen-bond donors (Lipinski definition) is 4. The molecule has 1 aromatic carbocycles. The number of benzene rings is 1. The standard InChI is InChI=1S/C21H28N3O9PS/c1-12(2)31-20(27)13(3)23-34(29,33-14-7-5-4-6-8-14)30-11-15-17(25)18(26)19(32-15)24-10-9-16(35)22-21(24)28/h4-10,12-13,15,17-19,25-26H,11H2,1-3H3,(H,23,29)(H,22,28,35)/t13-,15+,17+,18+,19+,34?/m0/s1. The zero-order valence-corrected chi connectivity index (χ0v) is 21.0. The molecule has 35 heavy (non-hydrogen) atoms. The zero-order chi connectivity index (χ0) is 25.8. The molecule has 1 aliphatic rings. The van der Waals surface area contributed by atoms with Crippen molar-refractivity contribution in [2.24, 2.45) is 0 Å². The first-order valence-electron chi connectivity index (χ1n) is 10.8. The Morgan fingerprint density at radius 1 is 1.23 bits per heavy atom. The molecular formula is C21H28N3O9PS. The summed E-state index contributed by atoms with van der Waals surface area (Å²) in [6, 6.07) is 8.49. The summed E-state index contributed by atoms with van der Waals surface area (Å²) in [7, 11) is -4.21. The number of para-hydroxylation sites is 1. The van der Waals surface area contributed by atoms with Crippen LogP contribution >= 0.6 is 20.0 Å². The van der Waals surface area contributed by atoms with Crippen LogP contribution in [0.3, 0.4) is 0 Å². The number of hydrogen-bond acceptors (Lipinski definition) is 10. The number of aromatic amines is 1. The van der Waals surface area contributed by atoms with Gasteiger partial charge in [-0.25, -0.2) is 9.36 Å². The molecule has 1 aliphatic heterocycles. The van der Waals surface area contributed by atoms with E-state index in [1.54, 1.807) is 44.2 Å². The molecule has 2 heterocycles. The molecule has 3 rings (SSSR count). The van der Waals surface area contributed by atoms with Crippen LogP contribution in [-0.2, 0) is 23.4 Å². The molecule has 0 spiro atoms. The van der Waals surface area contributed by atoms with Gasteiger partial charge in [-0.05, 0) is 39.0 Å². The molecule has 192 valence electrons. The Bertz CT molecular complexity index is 1170. The van der Waals surface area contributed by atoms with Crippen molar-refractivity contribution in [2.75, 3.05) is 6.61 Å². The third kappa shape index (κ3) is 7.07. The van der Waals surface area contributed by atoms with Gasteiger partial charge in [-0.2, -0.15) is 5.09 Å². The number of aliphatic hydroxyl groups excluding tert-OH is 2. The summed E-state index contributed by atoms with van der Waals surface area (Å²) >= 11 is 4.89. The van der Waals surface area contributed by atoms with Crippen LogP contribution in [0.4, 0.5) is 0 Å². The van der Waals surface area contributed by atoms with Gasteiger partial charge in [0.2, 0.25) is 0 Å². The first kappa shape index (κ1) is 27.2. The molecule has 0 bridgehead atoms.